The highest BCUT2D eigenvalue weighted by Crippen LogP contribution is 2.34. The number of nitriles is 1. The van der Waals surface area contributed by atoms with Crippen molar-refractivity contribution in [3.63, 3.8) is 0 Å². The highest BCUT2D eigenvalue weighted by molar-refractivity contribution is 5.60. The maximum Gasteiger partial charge on any atom is 0.143 e. The molecule has 0 spiro atoms. The molecule has 0 bridgehead atoms. The molecule has 21 heavy (non-hydrogen) atoms. The first-order valence-corrected chi connectivity index (χ1v) is 7.02. The lowest BCUT2D eigenvalue weighted by molar-refractivity contribution is 0.597. The molecule has 0 saturated carbocycles. The monoisotopic (exact) mass is 281 g/mol. The van der Waals surface area contributed by atoms with Crippen LogP contribution in [0.25, 0.3) is 0 Å². The van der Waals surface area contributed by atoms with Crippen LogP contribution in [0, 0.1) is 17.1 Å². The highest BCUT2D eigenvalue weighted by Gasteiger charge is 2.21. The molecule has 0 aliphatic heterocycles. The summed E-state index contributed by atoms with van der Waals surface area (Å²) in [5, 5.41) is 12.4. The van der Waals surface area contributed by atoms with Crippen molar-refractivity contribution in [1.82, 2.24) is 0 Å². The Labute approximate surface area is 123 Å². The first kappa shape index (κ1) is 13.4. The van der Waals surface area contributed by atoms with Crippen LogP contribution in [0.1, 0.15) is 35.6 Å². The van der Waals surface area contributed by atoms with Gasteiger partial charge in [-0.2, -0.15) is 5.26 Å². The number of hydrogen-bond acceptors (Lipinski definition) is 3. The lowest BCUT2D eigenvalue weighted by Gasteiger charge is -2.28. The van der Waals surface area contributed by atoms with Gasteiger partial charge < -0.3 is 11.1 Å². The number of nitrogens with two attached hydrogens (primary N) is 1. The number of anilines is 2. The molecule has 2 aromatic rings. The van der Waals surface area contributed by atoms with Crippen LogP contribution in [-0.4, -0.2) is 0 Å². The third kappa shape index (κ3) is 2.55. The Bertz CT molecular complexity index is 718. The van der Waals surface area contributed by atoms with Gasteiger partial charge >= 0.3 is 0 Å². The average Bonchev–Trinajstić information content (AvgIpc) is 2.47. The van der Waals surface area contributed by atoms with Gasteiger partial charge in [-0.25, -0.2) is 4.39 Å². The number of fused-ring (bicyclic) bond motifs is 1. The quantitative estimate of drug-likeness (QED) is 0.824. The van der Waals surface area contributed by atoms with Crippen molar-refractivity contribution in [2.45, 2.75) is 25.3 Å². The van der Waals surface area contributed by atoms with E-state index in [0.717, 1.165) is 24.9 Å². The Morgan fingerprint density at radius 2 is 2.14 bits per heavy atom. The topological polar surface area (TPSA) is 61.8 Å². The van der Waals surface area contributed by atoms with Gasteiger partial charge in [0.2, 0.25) is 0 Å². The largest absolute Gasteiger partial charge is 0.399 e. The molecule has 0 amide bonds. The van der Waals surface area contributed by atoms with E-state index in [1.165, 1.54) is 17.2 Å². The van der Waals surface area contributed by atoms with Gasteiger partial charge in [0.15, 0.2) is 0 Å². The maximum absolute atomic E-state index is 13.7. The molecule has 1 unspecified atom stereocenters. The predicted molar refractivity (Wildman–Crippen MR) is 81.3 cm³/mol. The van der Waals surface area contributed by atoms with E-state index in [1.807, 2.05) is 24.3 Å². The van der Waals surface area contributed by atoms with Crippen molar-refractivity contribution in [1.29, 1.82) is 5.26 Å². The number of halogens is 1. The molecule has 0 fully saturated rings. The number of nitrogens with zero attached hydrogens (tertiary/aromatic N) is 1. The molecule has 3 nitrogen and oxygen atoms in total. The molecule has 0 saturated heterocycles. The fourth-order valence-corrected chi connectivity index (χ4v) is 2.93. The number of aryl methyl sites for hydroxylation is 1. The Hall–Kier alpha value is -2.54. The van der Waals surface area contributed by atoms with Crippen molar-refractivity contribution in [2.24, 2.45) is 0 Å². The first-order chi connectivity index (χ1) is 10.2. The van der Waals surface area contributed by atoms with Crippen LogP contribution in [0.2, 0.25) is 0 Å². The smallest absolute Gasteiger partial charge is 0.143 e. The van der Waals surface area contributed by atoms with Crippen molar-refractivity contribution in [3.8, 4) is 6.07 Å². The summed E-state index contributed by atoms with van der Waals surface area (Å²) in [6.45, 7) is 0. The van der Waals surface area contributed by atoms with Gasteiger partial charge in [0.25, 0.3) is 0 Å². The van der Waals surface area contributed by atoms with Crippen LogP contribution in [-0.2, 0) is 6.42 Å². The van der Waals surface area contributed by atoms with E-state index in [0.29, 0.717) is 5.69 Å². The van der Waals surface area contributed by atoms with Crippen molar-refractivity contribution >= 4 is 11.4 Å². The molecule has 0 radical (unpaired) electrons. The summed E-state index contributed by atoms with van der Waals surface area (Å²) >= 11 is 0. The van der Waals surface area contributed by atoms with Crippen molar-refractivity contribution < 1.29 is 4.39 Å². The maximum atomic E-state index is 13.7. The van der Waals surface area contributed by atoms with E-state index in [9.17, 15) is 4.39 Å². The zero-order chi connectivity index (χ0) is 14.8. The molecule has 0 aromatic heterocycles. The molecule has 3 N–H and O–H groups in total. The van der Waals surface area contributed by atoms with E-state index in [-0.39, 0.29) is 11.6 Å². The Morgan fingerprint density at radius 1 is 1.29 bits per heavy atom. The summed E-state index contributed by atoms with van der Waals surface area (Å²) in [6, 6.07) is 12.6. The molecule has 0 heterocycles. The number of nitrogens with one attached hydrogen (secondary N) is 1. The molecule has 4 heteroatoms. The SMILES string of the molecule is N#Cc1c(F)cccc1NC1CCCc2cc(N)ccc21. The fraction of sp³-hybridized carbons (Fsp3) is 0.235. The summed E-state index contributed by atoms with van der Waals surface area (Å²) in [5.41, 5.74) is 9.63. The molecular formula is C17H16FN3. The fourth-order valence-electron chi connectivity index (χ4n) is 2.93. The summed E-state index contributed by atoms with van der Waals surface area (Å²) in [6.07, 6.45) is 3.01. The van der Waals surface area contributed by atoms with E-state index >= 15 is 0 Å². The molecular weight excluding hydrogens is 265 g/mol. The lowest BCUT2D eigenvalue weighted by atomic mass is 9.87. The standard InChI is InChI=1S/C17H16FN3/c18-15-4-2-6-17(14(15)10-19)21-16-5-1-3-11-9-12(20)7-8-13(11)16/h2,4,6-9,16,21H,1,3,5,20H2. The van der Waals surface area contributed by atoms with E-state index in [4.69, 9.17) is 11.0 Å². The Balaban J connectivity index is 1.95. The zero-order valence-corrected chi connectivity index (χ0v) is 11.6. The molecule has 1 aliphatic carbocycles. The Kier molecular flexibility index (Phi) is 3.49. The molecule has 2 aromatic carbocycles. The predicted octanol–water partition coefficient (Wildman–Crippen LogP) is 3.77. The van der Waals surface area contributed by atoms with Crippen molar-refractivity contribution in [2.75, 3.05) is 11.1 Å². The summed E-state index contributed by atoms with van der Waals surface area (Å²) < 4.78 is 13.7. The summed E-state index contributed by atoms with van der Waals surface area (Å²) in [5.74, 6) is -0.490. The van der Waals surface area contributed by atoms with Gasteiger partial charge in [-0.3, -0.25) is 0 Å². The average molecular weight is 281 g/mol. The summed E-state index contributed by atoms with van der Waals surface area (Å²) in [7, 11) is 0. The number of nitrogen functional groups attached to an aromatic ring is 1. The third-order valence-electron chi connectivity index (χ3n) is 3.94. The molecule has 1 atom stereocenters. The summed E-state index contributed by atoms with van der Waals surface area (Å²) in [4.78, 5) is 0. The van der Waals surface area contributed by atoms with Gasteiger partial charge in [-0.1, -0.05) is 12.1 Å². The number of hydrogen-bond donors (Lipinski definition) is 2. The van der Waals surface area contributed by atoms with Crippen molar-refractivity contribution in [3.05, 3.63) is 58.9 Å². The van der Waals surface area contributed by atoms with Gasteiger partial charge in [-0.05, 0) is 54.7 Å². The van der Waals surface area contributed by atoms with Gasteiger partial charge in [0.05, 0.1) is 11.7 Å². The van der Waals surface area contributed by atoms with Crippen LogP contribution in [0.4, 0.5) is 15.8 Å². The lowest BCUT2D eigenvalue weighted by Crippen LogP contribution is -2.18. The normalized spacial score (nSPS) is 16.9. The van der Waals surface area contributed by atoms with E-state index in [1.54, 1.807) is 12.1 Å². The molecule has 106 valence electrons. The molecule has 1 aliphatic rings. The minimum absolute atomic E-state index is 0.0695. The minimum atomic E-state index is -0.490. The van der Waals surface area contributed by atoms with Crippen LogP contribution < -0.4 is 11.1 Å². The second-order valence-corrected chi connectivity index (χ2v) is 5.32. The van der Waals surface area contributed by atoms with Crippen LogP contribution in [0.3, 0.4) is 0 Å². The van der Waals surface area contributed by atoms with Crippen LogP contribution >= 0.6 is 0 Å². The Morgan fingerprint density at radius 3 is 2.95 bits per heavy atom. The second kappa shape index (κ2) is 5.45. The molecule has 3 rings (SSSR count). The van der Waals surface area contributed by atoms with Gasteiger partial charge in [-0.15, -0.1) is 0 Å². The van der Waals surface area contributed by atoms with E-state index in [2.05, 4.69) is 5.32 Å². The second-order valence-electron chi connectivity index (χ2n) is 5.32. The van der Waals surface area contributed by atoms with Gasteiger partial charge in [0, 0.05) is 5.69 Å². The van der Waals surface area contributed by atoms with E-state index < -0.39 is 5.82 Å². The number of benzene rings is 2. The van der Waals surface area contributed by atoms with Crippen LogP contribution in [0.5, 0.6) is 0 Å². The highest BCUT2D eigenvalue weighted by atomic mass is 19.1. The third-order valence-corrected chi connectivity index (χ3v) is 3.94. The van der Waals surface area contributed by atoms with Gasteiger partial charge in [0.1, 0.15) is 17.4 Å². The zero-order valence-electron chi connectivity index (χ0n) is 11.6. The minimum Gasteiger partial charge on any atom is -0.399 e. The first-order valence-electron chi connectivity index (χ1n) is 7.02. The van der Waals surface area contributed by atoms with Crippen LogP contribution in [0.15, 0.2) is 36.4 Å². The number of rotatable bonds is 2.